The van der Waals surface area contributed by atoms with E-state index in [0.717, 1.165) is 59.8 Å². The molecule has 0 radical (unpaired) electrons. The average molecular weight is 536 g/mol. The Morgan fingerprint density at radius 2 is 1.94 bits per heavy atom. The number of ether oxygens (including phenoxy) is 1. The van der Waals surface area contributed by atoms with Gasteiger partial charge in [-0.1, -0.05) is 31.4 Å². The lowest BCUT2D eigenvalue weighted by Crippen LogP contribution is -2.53. The van der Waals surface area contributed by atoms with Gasteiger partial charge in [-0.25, -0.2) is 9.78 Å². The molecule has 2 aromatic heterocycles. The highest BCUT2D eigenvalue weighted by molar-refractivity contribution is 9.12. The average Bonchev–Trinajstić information content (AvgIpc) is 2.87. The number of carbonyl (C=O) groups is 2. The summed E-state index contributed by atoms with van der Waals surface area (Å²) in [5.74, 6) is 0.229. The Morgan fingerprint density at radius 3 is 2.66 bits per heavy atom. The van der Waals surface area contributed by atoms with Crippen LogP contribution in [0.3, 0.4) is 0 Å². The number of rotatable bonds is 7. The van der Waals surface area contributed by atoms with E-state index in [2.05, 4.69) is 31.2 Å². The van der Waals surface area contributed by atoms with Crippen molar-refractivity contribution in [3.8, 4) is 11.6 Å². The second-order valence-electron chi connectivity index (χ2n) is 9.31. The smallest absolute Gasteiger partial charge is 0.326 e. The van der Waals surface area contributed by atoms with Gasteiger partial charge in [0, 0.05) is 30.2 Å². The molecule has 1 saturated carbocycles. The summed E-state index contributed by atoms with van der Waals surface area (Å²) < 4.78 is 6.53. The van der Waals surface area contributed by atoms with Crippen LogP contribution in [-0.4, -0.2) is 32.9 Å². The SMILES string of the molecule is Cc1cc2ccncc2c(Oc2ccc(C[C@H](NC3=C(Br)C(=O)C34CCCCC4)C(=O)O)cc2)n1. The van der Waals surface area contributed by atoms with Crippen LogP contribution in [-0.2, 0) is 16.0 Å². The first-order chi connectivity index (χ1) is 16.9. The standard InChI is InChI=1S/C27H26BrN3O4/c1-16-13-18-9-12-29-15-20(18)25(30-16)35-19-7-5-17(6-8-19)14-21(26(33)34)31-23-22(28)24(32)27(23)10-3-2-4-11-27/h5-9,12-13,15,21,31H,2-4,10-11,14H2,1H3,(H,33,34)/t21-/m0/s1. The summed E-state index contributed by atoms with van der Waals surface area (Å²) in [6, 6.07) is 10.4. The Hall–Kier alpha value is -3.26. The van der Waals surface area contributed by atoms with Crippen molar-refractivity contribution in [3.63, 3.8) is 0 Å². The number of hydrogen-bond donors (Lipinski definition) is 2. The maximum atomic E-state index is 12.6. The molecule has 35 heavy (non-hydrogen) atoms. The molecule has 8 heteroatoms. The molecule has 2 heterocycles. The molecule has 2 aliphatic rings. The first-order valence-electron chi connectivity index (χ1n) is 11.8. The van der Waals surface area contributed by atoms with Crippen LogP contribution in [0, 0.1) is 12.3 Å². The van der Waals surface area contributed by atoms with Crippen molar-refractivity contribution in [2.24, 2.45) is 5.41 Å². The summed E-state index contributed by atoms with van der Waals surface area (Å²) >= 11 is 3.38. The lowest BCUT2D eigenvalue weighted by atomic mass is 9.62. The number of halogens is 1. The van der Waals surface area contributed by atoms with Crippen molar-refractivity contribution >= 4 is 38.5 Å². The topological polar surface area (TPSA) is 101 Å². The number of hydrogen-bond acceptors (Lipinski definition) is 6. The maximum Gasteiger partial charge on any atom is 0.326 e. The van der Waals surface area contributed by atoms with Crippen LogP contribution in [0.2, 0.25) is 0 Å². The number of aliphatic carboxylic acids is 1. The van der Waals surface area contributed by atoms with Crippen molar-refractivity contribution in [3.05, 3.63) is 70.2 Å². The van der Waals surface area contributed by atoms with Gasteiger partial charge >= 0.3 is 5.97 Å². The van der Waals surface area contributed by atoms with E-state index < -0.39 is 17.4 Å². The molecule has 1 atom stereocenters. The minimum absolute atomic E-state index is 0.0952. The molecule has 1 fully saturated rings. The van der Waals surface area contributed by atoms with Gasteiger partial charge in [0.1, 0.15) is 11.8 Å². The normalized spacial score (nSPS) is 17.8. The number of aromatic nitrogens is 2. The Kier molecular flexibility index (Phi) is 6.32. The highest BCUT2D eigenvalue weighted by Crippen LogP contribution is 2.53. The number of benzene rings is 1. The van der Waals surface area contributed by atoms with Crippen LogP contribution in [0.4, 0.5) is 0 Å². The predicted molar refractivity (Wildman–Crippen MR) is 136 cm³/mol. The van der Waals surface area contributed by atoms with Gasteiger partial charge in [-0.15, -0.1) is 0 Å². The molecule has 0 bridgehead atoms. The third-order valence-corrected chi connectivity index (χ3v) is 7.72. The number of carboxylic acid groups (broad SMARTS) is 1. The van der Waals surface area contributed by atoms with E-state index in [1.54, 1.807) is 12.4 Å². The Balaban J connectivity index is 1.31. The number of carbonyl (C=O) groups excluding carboxylic acids is 1. The molecule has 2 aliphatic carbocycles. The molecular weight excluding hydrogens is 510 g/mol. The Morgan fingerprint density at radius 1 is 1.20 bits per heavy atom. The fraction of sp³-hybridized carbons (Fsp3) is 0.333. The molecule has 180 valence electrons. The summed E-state index contributed by atoms with van der Waals surface area (Å²) in [6.07, 6.45) is 8.37. The number of ketones is 1. The summed E-state index contributed by atoms with van der Waals surface area (Å²) in [5, 5.41) is 14.9. The van der Waals surface area contributed by atoms with Gasteiger partial charge in [0.25, 0.3) is 0 Å². The Bertz CT molecular complexity index is 1330. The minimum Gasteiger partial charge on any atom is -0.480 e. The zero-order valence-corrected chi connectivity index (χ0v) is 21.0. The predicted octanol–water partition coefficient (Wildman–Crippen LogP) is 5.46. The third-order valence-electron chi connectivity index (χ3n) is 6.96. The number of nitrogens with one attached hydrogen (secondary N) is 1. The molecule has 1 aromatic carbocycles. The van der Waals surface area contributed by atoms with E-state index >= 15 is 0 Å². The van der Waals surface area contributed by atoms with Crippen LogP contribution < -0.4 is 10.1 Å². The molecule has 2 N–H and O–H groups in total. The van der Waals surface area contributed by atoms with E-state index in [9.17, 15) is 14.7 Å². The maximum absolute atomic E-state index is 12.6. The molecule has 0 unspecified atom stereocenters. The molecule has 0 amide bonds. The lowest BCUT2D eigenvalue weighted by Gasteiger charge is -2.46. The van der Waals surface area contributed by atoms with E-state index in [-0.39, 0.29) is 12.2 Å². The van der Waals surface area contributed by atoms with Gasteiger partial charge in [0.15, 0.2) is 5.78 Å². The highest BCUT2D eigenvalue weighted by atomic mass is 79.9. The summed E-state index contributed by atoms with van der Waals surface area (Å²) in [7, 11) is 0. The molecule has 7 nitrogen and oxygen atoms in total. The van der Waals surface area contributed by atoms with Crippen molar-refractivity contribution < 1.29 is 19.4 Å². The number of pyridine rings is 2. The van der Waals surface area contributed by atoms with Crippen LogP contribution in [0.15, 0.2) is 59.0 Å². The van der Waals surface area contributed by atoms with Crippen molar-refractivity contribution in [2.45, 2.75) is 51.5 Å². The lowest BCUT2D eigenvalue weighted by molar-refractivity contribution is -0.140. The number of carboxylic acids is 1. The first-order valence-corrected chi connectivity index (χ1v) is 12.6. The van der Waals surface area contributed by atoms with Gasteiger partial charge in [0.2, 0.25) is 5.88 Å². The largest absolute Gasteiger partial charge is 0.480 e. The molecule has 3 aromatic rings. The van der Waals surface area contributed by atoms with E-state index in [1.165, 1.54) is 0 Å². The third kappa shape index (κ3) is 4.43. The number of Topliss-reactive ketones (excluding diaryl/α,β-unsaturated/α-hetero) is 1. The van der Waals surface area contributed by atoms with Gasteiger partial charge in [-0.2, -0.15) is 0 Å². The second-order valence-corrected chi connectivity index (χ2v) is 10.1. The van der Waals surface area contributed by atoms with Crippen LogP contribution in [0.1, 0.15) is 43.4 Å². The fourth-order valence-corrected chi connectivity index (χ4v) is 5.97. The number of allylic oxidation sites excluding steroid dienone is 2. The van der Waals surface area contributed by atoms with Crippen LogP contribution in [0.25, 0.3) is 10.8 Å². The van der Waals surface area contributed by atoms with Gasteiger partial charge < -0.3 is 15.2 Å². The molecule has 5 rings (SSSR count). The zero-order valence-electron chi connectivity index (χ0n) is 19.4. The molecule has 1 spiro atoms. The van der Waals surface area contributed by atoms with Crippen molar-refractivity contribution in [2.75, 3.05) is 0 Å². The van der Waals surface area contributed by atoms with Crippen molar-refractivity contribution in [1.82, 2.24) is 15.3 Å². The quantitative estimate of drug-likeness (QED) is 0.414. The number of nitrogens with zero attached hydrogens (tertiary/aromatic N) is 2. The molecular formula is C27H26BrN3O4. The first kappa shape index (κ1) is 23.5. The van der Waals surface area contributed by atoms with E-state index in [4.69, 9.17) is 4.74 Å². The van der Waals surface area contributed by atoms with Crippen molar-refractivity contribution in [1.29, 1.82) is 0 Å². The fourth-order valence-electron chi connectivity index (χ4n) is 5.10. The van der Waals surface area contributed by atoms with Crippen LogP contribution in [0.5, 0.6) is 11.6 Å². The number of fused-ring (bicyclic) bond motifs is 1. The summed E-state index contributed by atoms with van der Waals surface area (Å²) in [4.78, 5) is 33.4. The second kappa shape index (κ2) is 9.41. The van der Waals surface area contributed by atoms with Crippen LogP contribution >= 0.6 is 15.9 Å². The van der Waals surface area contributed by atoms with E-state index in [0.29, 0.717) is 16.1 Å². The van der Waals surface area contributed by atoms with Gasteiger partial charge in [0.05, 0.1) is 15.3 Å². The monoisotopic (exact) mass is 535 g/mol. The summed E-state index contributed by atoms with van der Waals surface area (Å²) in [5.41, 5.74) is 1.90. The summed E-state index contributed by atoms with van der Waals surface area (Å²) in [6.45, 7) is 1.91. The number of aryl methyl sites for hydroxylation is 1. The highest BCUT2D eigenvalue weighted by Gasteiger charge is 2.53. The Labute approximate surface area is 211 Å². The molecule has 0 aliphatic heterocycles. The van der Waals surface area contributed by atoms with Gasteiger partial charge in [-0.3, -0.25) is 9.78 Å². The van der Waals surface area contributed by atoms with E-state index in [1.807, 2.05) is 43.3 Å². The van der Waals surface area contributed by atoms with Gasteiger partial charge in [-0.05, 0) is 70.9 Å². The minimum atomic E-state index is -0.952. The molecule has 0 saturated heterocycles. The zero-order chi connectivity index (χ0) is 24.6.